The predicted molar refractivity (Wildman–Crippen MR) is 89.5 cm³/mol. The molecule has 0 spiro atoms. The van der Waals surface area contributed by atoms with Gasteiger partial charge < -0.3 is 10.1 Å². The number of amides is 1. The van der Waals surface area contributed by atoms with E-state index in [1.165, 1.54) is 0 Å². The lowest BCUT2D eigenvalue weighted by molar-refractivity contribution is -0.119. The summed E-state index contributed by atoms with van der Waals surface area (Å²) in [5.74, 6) is -1.07. The normalized spacial score (nSPS) is 10.1. The summed E-state index contributed by atoms with van der Waals surface area (Å²) in [4.78, 5) is 23.6. The molecule has 1 N–H and O–H groups in total. The van der Waals surface area contributed by atoms with E-state index in [-0.39, 0.29) is 0 Å². The molecule has 4 nitrogen and oxygen atoms in total. The summed E-state index contributed by atoms with van der Waals surface area (Å²) < 4.78 is 5.69. The Hall–Kier alpha value is -1.56. The summed E-state index contributed by atoms with van der Waals surface area (Å²) in [5, 5.41) is 3.34. The summed E-state index contributed by atoms with van der Waals surface area (Å²) in [5.41, 5.74) is 0.786. The number of carbonyl (C=O) groups excluding carboxylic acids is 2. The standard InChI is InChI=1S/C15H10BrCl2NO3/c16-10-3-1-2-9(4-10)15(21)22-8-14(20)19-13-6-11(17)5-12(18)7-13/h1-7H,8H2,(H,19,20). The topological polar surface area (TPSA) is 55.4 Å². The van der Waals surface area contributed by atoms with Crippen molar-refractivity contribution in [3.63, 3.8) is 0 Å². The minimum Gasteiger partial charge on any atom is -0.452 e. The number of esters is 1. The number of benzene rings is 2. The van der Waals surface area contributed by atoms with E-state index in [4.69, 9.17) is 27.9 Å². The van der Waals surface area contributed by atoms with Crippen molar-refractivity contribution in [1.29, 1.82) is 0 Å². The summed E-state index contributed by atoms with van der Waals surface area (Å²) in [6.45, 7) is -0.407. The third-order valence-corrected chi connectivity index (χ3v) is 3.47. The third-order valence-electron chi connectivity index (χ3n) is 2.54. The number of anilines is 1. The van der Waals surface area contributed by atoms with E-state index in [0.29, 0.717) is 21.3 Å². The van der Waals surface area contributed by atoms with Crippen LogP contribution >= 0.6 is 39.1 Å². The predicted octanol–water partition coefficient (Wildman–Crippen LogP) is 4.55. The number of hydrogen-bond acceptors (Lipinski definition) is 3. The van der Waals surface area contributed by atoms with Crippen molar-refractivity contribution in [1.82, 2.24) is 0 Å². The highest BCUT2D eigenvalue weighted by Crippen LogP contribution is 2.22. The van der Waals surface area contributed by atoms with E-state index < -0.39 is 18.5 Å². The van der Waals surface area contributed by atoms with Gasteiger partial charge in [-0.25, -0.2) is 4.79 Å². The van der Waals surface area contributed by atoms with Crippen molar-refractivity contribution < 1.29 is 14.3 Å². The minimum atomic E-state index is -0.583. The number of halogens is 3. The molecule has 7 heteroatoms. The first-order chi connectivity index (χ1) is 10.4. The lowest BCUT2D eigenvalue weighted by Gasteiger charge is -2.07. The van der Waals surface area contributed by atoms with Crippen molar-refractivity contribution >= 4 is 56.7 Å². The van der Waals surface area contributed by atoms with Gasteiger partial charge in [-0.1, -0.05) is 45.2 Å². The smallest absolute Gasteiger partial charge is 0.338 e. The van der Waals surface area contributed by atoms with Gasteiger partial charge in [0.15, 0.2) is 6.61 Å². The Morgan fingerprint density at radius 3 is 2.41 bits per heavy atom. The van der Waals surface area contributed by atoms with Crippen molar-refractivity contribution in [2.75, 3.05) is 11.9 Å². The molecule has 1 amide bonds. The van der Waals surface area contributed by atoms with Crippen LogP contribution in [0.1, 0.15) is 10.4 Å². The fourth-order valence-electron chi connectivity index (χ4n) is 1.65. The number of ether oxygens (including phenoxy) is 1. The van der Waals surface area contributed by atoms with Gasteiger partial charge in [0.2, 0.25) is 0 Å². The second-order valence-corrected chi connectivity index (χ2v) is 6.08. The van der Waals surface area contributed by atoms with Gasteiger partial charge in [-0.3, -0.25) is 4.79 Å². The SMILES string of the molecule is O=C(COC(=O)c1cccc(Br)c1)Nc1cc(Cl)cc(Cl)c1. The first-order valence-electron chi connectivity index (χ1n) is 6.12. The molecule has 0 aliphatic carbocycles. The Balaban J connectivity index is 1.91. The molecular weight excluding hydrogens is 393 g/mol. The van der Waals surface area contributed by atoms with Crippen LogP contribution in [0.5, 0.6) is 0 Å². The van der Waals surface area contributed by atoms with Crippen LogP contribution in [-0.2, 0) is 9.53 Å². The molecule has 2 aromatic carbocycles. The Kier molecular flexibility index (Phi) is 5.83. The first-order valence-corrected chi connectivity index (χ1v) is 7.67. The molecule has 114 valence electrons. The van der Waals surface area contributed by atoms with Crippen molar-refractivity contribution in [2.24, 2.45) is 0 Å². The zero-order chi connectivity index (χ0) is 16.1. The van der Waals surface area contributed by atoms with Crippen LogP contribution in [0.2, 0.25) is 10.0 Å². The fourth-order valence-corrected chi connectivity index (χ4v) is 2.58. The average molecular weight is 403 g/mol. The zero-order valence-corrected chi connectivity index (χ0v) is 14.2. The molecule has 0 fully saturated rings. The number of rotatable bonds is 4. The maximum absolute atomic E-state index is 11.8. The summed E-state index contributed by atoms with van der Waals surface area (Å²) in [6.07, 6.45) is 0. The minimum absolute atomic E-state index is 0.355. The molecule has 0 atom stereocenters. The van der Waals surface area contributed by atoms with Gasteiger partial charge in [0.25, 0.3) is 5.91 Å². The zero-order valence-electron chi connectivity index (χ0n) is 11.1. The second kappa shape index (κ2) is 7.63. The lowest BCUT2D eigenvalue weighted by atomic mass is 10.2. The highest BCUT2D eigenvalue weighted by atomic mass is 79.9. The van der Waals surface area contributed by atoms with Crippen molar-refractivity contribution in [2.45, 2.75) is 0 Å². The Bertz CT molecular complexity index is 701. The molecule has 0 bridgehead atoms. The first kappa shape index (κ1) is 16.8. The monoisotopic (exact) mass is 401 g/mol. The van der Waals surface area contributed by atoms with Gasteiger partial charge in [-0.15, -0.1) is 0 Å². The van der Waals surface area contributed by atoms with Gasteiger partial charge in [0.1, 0.15) is 0 Å². The average Bonchev–Trinajstić information content (AvgIpc) is 2.43. The Morgan fingerprint density at radius 2 is 1.77 bits per heavy atom. The maximum Gasteiger partial charge on any atom is 0.338 e. The number of nitrogens with one attached hydrogen (secondary N) is 1. The van der Waals surface area contributed by atoms with Crippen LogP contribution in [0.15, 0.2) is 46.9 Å². The van der Waals surface area contributed by atoms with E-state index in [0.717, 1.165) is 4.47 Å². The molecule has 0 saturated heterocycles. The molecule has 0 saturated carbocycles. The van der Waals surface area contributed by atoms with Crippen LogP contribution in [0, 0.1) is 0 Å². The van der Waals surface area contributed by atoms with Gasteiger partial charge >= 0.3 is 5.97 Å². The Morgan fingerprint density at radius 1 is 1.09 bits per heavy atom. The van der Waals surface area contributed by atoms with Crippen LogP contribution in [0.3, 0.4) is 0 Å². The lowest BCUT2D eigenvalue weighted by Crippen LogP contribution is -2.20. The summed E-state index contributed by atoms with van der Waals surface area (Å²) >= 11 is 14.9. The number of carbonyl (C=O) groups is 2. The van der Waals surface area contributed by atoms with Crippen LogP contribution in [0.25, 0.3) is 0 Å². The summed E-state index contributed by atoms with van der Waals surface area (Å²) in [7, 11) is 0. The largest absolute Gasteiger partial charge is 0.452 e. The molecular formula is C15H10BrCl2NO3. The van der Waals surface area contributed by atoms with Gasteiger partial charge in [0.05, 0.1) is 5.56 Å². The van der Waals surface area contributed by atoms with Crippen LogP contribution in [0.4, 0.5) is 5.69 Å². The molecule has 2 rings (SSSR count). The Labute approximate surface area is 145 Å². The maximum atomic E-state index is 11.8. The van der Waals surface area contributed by atoms with Crippen molar-refractivity contribution in [3.05, 3.63) is 62.5 Å². The molecule has 0 unspecified atom stereocenters. The van der Waals surface area contributed by atoms with Crippen molar-refractivity contribution in [3.8, 4) is 0 Å². The van der Waals surface area contributed by atoms with E-state index >= 15 is 0 Å². The van der Waals surface area contributed by atoms with Crippen LogP contribution < -0.4 is 5.32 Å². The number of hydrogen-bond donors (Lipinski definition) is 1. The van der Waals surface area contributed by atoms with E-state index in [9.17, 15) is 9.59 Å². The summed E-state index contributed by atoms with van der Waals surface area (Å²) in [6, 6.07) is 11.3. The molecule has 2 aromatic rings. The molecule has 0 heterocycles. The molecule has 22 heavy (non-hydrogen) atoms. The van der Waals surface area contributed by atoms with E-state index in [1.807, 2.05) is 0 Å². The van der Waals surface area contributed by atoms with E-state index in [1.54, 1.807) is 42.5 Å². The fraction of sp³-hybridized carbons (Fsp3) is 0.0667. The van der Waals surface area contributed by atoms with Crippen LogP contribution in [-0.4, -0.2) is 18.5 Å². The molecule has 0 aliphatic rings. The van der Waals surface area contributed by atoms with Gasteiger partial charge in [0, 0.05) is 20.2 Å². The third kappa shape index (κ3) is 5.02. The van der Waals surface area contributed by atoms with Gasteiger partial charge in [-0.2, -0.15) is 0 Å². The van der Waals surface area contributed by atoms with Gasteiger partial charge in [-0.05, 0) is 36.4 Å². The second-order valence-electron chi connectivity index (χ2n) is 4.29. The van der Waals surface area contributed by atoms with E-state index in [2.05, 4.69) is 21.2 Å². The highest BCUT2D eigenvalue weighted by Gasteiger charge is 2.11. The molecule has 0 radical (unpaired) electrons. The quantitative estimate of drug-likeness (QED) is 0.763. The molecule has 0 aromatic heterocycles. The highest BCUT2D eigenvalue weighted by molar-refractivity contribution is 9.10. The molecule has 0 aliphatic heterocycles.